The van der Waals surface area contributed by atoms with Crippen molar-refractivity contribution in [2.75, 3.05) is 27.2 Å². The first-order valence-electron chi connectivity index (χ1n) is 11.7. The monoisotopic (exact) mass is 467 g/mol. The Morgan fingerprint density at radius 2 is 1.86 bits per heavy atom. The van der Waals surface area contributed by atoms with Gasteiger partial charge in [-0.1, -0.05) is 18.2 Å². The van der Waals surface area contributed by atoms with Crippen molar-refractivity contribution >= 4 is 16.8 Å². The molecule has 4 rings (SSSR count). The quantitative estimate of drug-likeness (QED) is 0.392. The Morgan fingerprint density at radius 1 is 1.09 bits per heavy atom. The topological polar surface area (TPSA) is 93.9 Å². The summed E-state index contributed by atoms with van der Waals surface area (Å²) in [6.45, 7) is 2.08. The van der Waals surface area contributed by atoms with Gasteiger partial charge in [0.05, 0.1) is 5.56 Å². The molecule has 1 amide bonds. The maximum Gasteiger partial charge on any atom is 0.251 e. The summed E-state index contributed by atoms with van der Waals surface area (Å²) in [5.74, 6) is -0.134. The molecule has 35 heavy (non-hydrogen) atoms. The van der Waals surface area contributed by atoms with Crippen LogP contribution in [0.15, 0.2) is 71.8 Å². The number of hydrogen-bond donors (Lipinski definition) is 2. The molecular formula is C28H29N5O2. The molecule has 0 fully saturated rings. The van der Waals surface area contributed by atoms with E-state index >= 15 is 0 Å². The molecule has 2 heterocycles. The summed E-state index contributed by atoms with van der Waals surface area (Å²) < 4.78 is 1.74. The number of nitrogens with zero attached hydrogens (tertiary/aromatic N) is 3. The lowest BCUT2D eigenvalue weighted by Crippen LogP contribution is -2.25. The van der Waals surface area contributed by atoms with Gasteiger partial charge in [-0.15, -0.1) is 0 Å². The molecule has 0 aliphatic heterocycles. The van der Waals surface area contributed by atoms with Gasteiger partial charge in [0.25, 0.3) is 11.5 Å². The highest BCUT2D eigenvalue weighted by atomic mass is 16.1. The number of hydrogen-bond acceptors (Lipinski definition) is 4. The second-order valence-electron chi connectivity index (χ2n) is 8.88. The van der Waals surface area contributed by atoms with Crippen molar-refractivity contribution in [2.24, 2.45) is 0 Å². The summed E-state index contributed by atoms with van der Waals surface area (Å²) in [6.07, 6.45) is 5.16. The van der Waals surface area contributed by atoms with Crippen LogP contribution in [0.2, 0.25) is 0 Å². The van der Waals surface area contributed by atoms with Crippen molar-refractivity contribution in [3.8, 4) is 17.2 Å². The minimum Gasteiger partial charge on any atom is -0.360 e. The Kier molecular flexibility index (Phi) is 7.44. The van der Waals surface area contributed by atoms with Crippen molar-refractivity contribution < 1.29 is 4.79 Å². The van der Waals surface area contributed by atoms with Gasteiger partial charge < -0.3 is 19.8 Å². The van der Waals surface area contributed by atoms with Crippen molar-refractivity contribution in [1.29, 1.82) is 5.26 Å². The van der Waals surface area contributed by atoms with Gasteiger partial charge in [-0.05, 0) is 80.5 Å². The van der Waals surface area contributed by atoms with E-state index in [2.05, 4.69) is 21.3 Å². The van der Waals surface area contributed by atoms with Crippen molar-refractivity contribution in [3.05, 3.63) is 94.0 Å². The van der Waals surface area contributed by atoms with Crippen LogP contribution in [0, 0.1) is 11.3 Å². The number of benzene rings is 2. The average Bonchev–Trinajstić information content (AvgIpc) is 3.27. The molecule has 2 aromatic carbocycles. The van der Waals surface area contributed by atoms with Gasteiger partial charge in [-0.25, -0.2) is 0 Å². The Balaban J connectivity index is 1.36. The van der Waals surface area contributed by atoms with E-state index in [1.54, 1.807) is 29.0 Å². The van der Waals surface area contributed by atoms with Crippen LogP contribution in [-0.4, -0.2) is 47.5 Å². The smallest absolute Gasteiger partial charge is 0.251 e. The van der Waals surface area contributed by atoms with E-state index in [9.17, 15) is 14.9 Å². The largest absolute Gasteiger partial charge is 0.360 e. The van der Waals surface area contributed by atoms with Crippen LogP contribution in [0.4, 0.5) is 0 Å². The van der Waals surface area contributed by atoms with E-state index in [1.165, 1.54) is 0 Å². The first-order valence-corrected chi connectivity index (χ1v) is 11.7. The molecule has 7 nitrogen and oxygen atoms in total. The van der Waals surface area contributed by atoms with E-state index in [1.807, 2.05) is 56.7 Å². The molecule has 0 radical (unpaired) electrons. The van der Waals surface area contributed by atoms with Gasteiger partial charge in [0.1, 0.15) is 6.07 Å². The number of pyridine rings is 1. The van der Waals surface area contributed by atoms with E-state index in [0.29, 0.717) is 30.6 Å². The SMILES string of the molecule is CN(C)CCCn1cc(-c2ccc(C(=O)NCCc3ccc4[nH]cc(C#N)c4c3)cc2)ccc1=O. The number of nitriles is 1. The maximum atomic E-state index is 12.6. The highest BCUT2D eigenvalue weighted by Gasteiger charge is 2.08. The number of carbonyl (C=O) groups excluding carboxylic acids is 1. The number of carbonyl (C=O) groups is 1. The number of H-pyrrole nitrogens is 1. The maximum absolute atomic E-state index is 12.6. The van der Waals surface area contributed by atoms with Crippen LogP contribution >= 0.6 is 0 Å². The van der Waals surface area contributed by atoms with Gasteiger partial charge in [0.2, 0.25) is 0 Å². The van der Waals surface area contributed by atoms with Gasteiger partial charge in [0, 0.05) is 48.0 Å². The van der Waals surface area contributed by atoms with E-state index < -0.39 is 0 Å². The van der Waals surface area contributed by atoms with Crippen LogP contribution in [0.1, 0.15) is 27.9 Å². The van der Waals surface area contributed by atoms with Crippen molar-refractivity contribution in [3.63, 3.8) is 0 Å². The molecule has 0 aliphatic carbocycles. The standard InChI is InChI=1S/C28H29N5O2/c1-32(2)14-3-15-33-19-23(9-11-27(33)34)21-5-7-22(8-6-21)28(35)30-13-12-20-4-10-26-25(16-20)24(17-29)18-31-26/h4-11,16,18-19,31H,3,12-15H2,1-2H3,(H,30,35). The third-order valence-corrected chi connectivity index (χ3v) is 6.03. The lowest BCUT2D eigenvalue weighted by molar-refractivity contribution is 0.0954. The number of amides is 1. The second-order valence-corrected chi connectivity index (χ2v) is 8.88. The molecule has 4 aromatic rings. The van der Waals surface area contributed by atoms with E-state index in [4.69, 9.17) is 0 Å². The van der Waals surface area contributed by atoms with Gasteiger partial charge in [-0.2, -0.15) is 5.26 Å². The minimum atomic E-state index is -0.134. The number of rotatable bonds is 9. The highest BCUT2D eigenvalue weighted by molar-refractivity contribution is 5.94. The highest BCUT2D eigenvalue weighted by Crippen LogP contribution is 2.20. The summed E-state index contributed by atoms with van der Waals surface area (Å²) in [5, 5.41) is 13.1. The van der Waals surface area contributed by atoms with Crippen molar-refractivity contribution in [1.82, 2.24) is 19.8 Å². The van der Waals surface area contributed by atoms with Crippen LogP contribution in [0.25, 0.3) is 22.0 Å². The normalized spacial score (nSPS) is 11.0. The van der Waals surface area contributed by atoms with Crippen LogP contribution in [0.3, 0.4) is 0 Å². The van der Waals surface area contributed by atoms with Crippen LogP contribution in [-0.2, 0) is 13.0 Å². The molecule has 7 heteroatoms. The minimum absolute atomic E-state index is 0.0111. The molecular weight excluding hydrogens is 438 g/mol. The Labute approximate surface area is 204 Å². The first kappa shape index (κ1) is 24.0. The molecule has 0 bridgehead atoms. The number of aryl methyl sites for hydroxylation is 1. The molecule has 0 saturated carbocycles. The molecule has 0 aliphatic rings. The van der Waals surface area contributed by atoms with Gasteiger partial charge in [0.15, 0.2) is 0 Å². The summed E-state index contributed by atoms with van der Waals surface area (Å²) in [4.78, 5) is 30.0. The Bertz CT molecular complexity index is 1420. The van der Waals surface area contributed by atoms with Crippen molar-refractivity contribution in [2.45, 2.75) is 19.4 Å². The third-order valence-electron chi connectivity index (χ3n) is 6.03. The van der Waals surface area contributed by atoms with Crippen LogP contribution < -0.4 is 10.9 Å². The summed E-state index contributed by atoms with van der Waals surface area (Å²) in [6, 6.07) is 19.0. The first-order chi connectivity index (χ1) is 16.9. The molecule has 0 atom stereocenters. The average molecular weight is 468 g/mol. The third kappa shape index (κ3) is 5.86. The lowest BCUT2D eigenvalue weighted by Gasteiger charge is -2.12. The van der Waals surface area contributed by atoms with E-state index in [0.717, 1.165) is 40.6 Å². The fourth-order valence-corrected chi connectivity index (χ4v) is 4.09. The molecule has 0 saturated heterocycles. The zero-order chi connectivity index (χ0) is 24.8. The van der Waals surface area contributed by atoms with E-state index in [-0.39, 0.29) is 11.5 Å². The molecule has 0 unspecified atom stereocenters. The molecule has 178 valence electrons. The Hall–Kier alpha value is -4.15. The number of fused-ring (bicyclic) bond motifs is 1. The summed E-state index contributed by atoms with van der Waals surface area (Å²) in [7, 11) is 4.04. The predicted octanol–water partition coefficient (Wildman–Crippen LogP) is 3.79. The number of aromatic amines is 1. The summed E-state index contributed by atoms with van der Waals surface area (Å²) >= 11 is 0. The predicted molar refractivity (Wildman–Crippen MR) is 138 cm³/mol. The second kappa shape index (κ2) is 10.9. The zero-order valence-corrected chi connectivity index (χ0v) is 20.0. The lowest BCUT2D eigenvalue weighted by atomic mass is 10.0. The Morgan fingerprint density at radius 3 is 2.60 bits per heavy atom. The summed E-state index contributed by atoms with van der Waals surface area (Å²) in [5.41, 5.74) is 5.08. The molecule has 0 spiro atoms. The molecule has 2 N–H and O–H groups in total. The number of aromatic nitrogens is 2. The fourth-order valence-electron chi connectivity index (χ4n) is 4.09. The van der Waals surface area contributed by atoms with Crippen LogP contribution in [0.5, 0.6) is 0 Å². The number of nitrogens with one attached hydrogen (secondary N) is 2. The van der Waals surface area contributed by atoms with Gasteiger partial charge in [-0.3, -0.25) is 9.59 Å². The van der Waals surface area contributed by atoms with Gasteiger partial charge >= 0.3 is 0 Å². The zero-order valence-electron chi connectivity index (χ0n) is 20.0. The fraction of sp³-hybridized carbons (Fsp3) is 0.250. The molecule has 2 aromatic heterocycles.